The van der Waals surface area contributed by atoms with Crippen LogP contribution < -0.4 is 5.32 Å². The van der Waals surface area contributed by atoms with Gasteiger partial charge in [-0.2, -0.15) is 8.78 Å². The summed E-state index contributed by atoms with van der Waals surface area (Å²) >= 11 is 0.414. The Bertz CT molecular complexity index is 436. The summed E-state index contributed by atoms with van der Waals surface area (Å²) in [6.07, 6.45) is 0.0526. The zero-order valence-corrected chi connectivity index (χ0v) is 11.0. The topological polar surface area (TPSA) is 68.5 Å². The Balaban J connectivity index is 2.38. The Labute approximate surface area is 112 Å². The zero-order valence-electron chi connectivity index (χ0n) is 10.2. The van der Waals surface area contributed by atoms with Crippen molar-refractivity contribution in [3.63, 3.8) is 0 Å². The van der Waals surface area contributed by atoms with E-state index in [1.165, 1.54) is 19.2 Å². The van der Waals surface area contributed by atoms with Crippen LogP contribution in [0, 0.1) is 0 Å². The molecule has 0 aliphatic carbocycles. The summed E-state index contributed by atoms with van der Waals surface area (Å²) in [5.74, 6) is -3.11. The minimum atomic E-state index is -2.48. The second-order valence-electron chi connectivity index (χ2n) is 3.42. The number of furan rings is 1. The largest absolute Gasteiger partial charge is 0.469 e. The predicted molar refractivity (Wildman–Crippen MR) is 65.0 cm³/mol. The lowest BCUT2D eigenvalue weighted by Crippen LogP contribution is -2.25. The molecule has 0 aliphatic heterocycles. The van der Waals surface area contributed by atoms with Gasteiger partial charge in [-0.15, -0.1) is 0 Å². The number of nitrogens with one attached hydrogen (secondary N) is 1. The van der Waals surface area contributed by atoms with Crippen LogP contribution in [-0.4, -0.2) is 31.3 Å². The molecule has 106 valence electrons. The van der Waals surface area contributed by atoms with Crippen molar-refractivity contribution in [2.75, 3.05) is 13.7 Å². The monoisotopic (exact) mass is 293 g/mol. The van der Waals surface area contributed by atoms with Crippen LogP contribution in [0.5, 0.6) is 0 Å². The van der Waals surface area contributed by atoms with E-state index in [4.69, 9.17) is 4.42 Å². The number of methoxy groups -OCH3 is 1. The molecule has 0 atom stereocenters. The van der Waals surface area contributed by atoms with Crippen molar-refractivity contribution < 1.29 is 27.5 Å². The van der Waals surface area contributed by atoms with Crippen molar-refractivity contribution in [2.45, 2.75) is 17.9 Å². The van der Waals surface area contributed by atoms with E-state index in [9.17, 15) is 18.4 Å². The number of carbonyl (C=O) groups is 2. The predicted octanol–water partition coefficient (Wildman–Crippen LogP) is 2.03. The molecule has 0 aromatic carbocycles. The lowest BCUT2D eigenvalue weighted by molar-refractivity contribution is -0.140. The van der Waals surface area contributed by atoms with Crippen LogP contribution in [0.4, 0.5) is 8.78 Å². The third-order valence-electron chi connectivity index (χ3n) is 2.08. The van der Waals surface area contributed by atoms with Gasteiger partial charge >= 0.3 is 5.97 Å². The highest BCUT2D eigenvalue weighted by Crippen LogP contribution is 2.21. The second kappa shape index (κ2) is 7.78. The summed E-state index contributed by atoms with van der Waals surface area (Å²) in [5.41, 5.74) is 0. The number of halogens is 2. The summed E-state index contributed by atoms with van der Waals surface area (Å²) in [6, 6.07) is 2.86. The van der Waals surface area contributed by atoms with Crippen LogP contribution in [0.1, 0.15) is 22.7 Å². The normalized spacial score (nSPS) is 10.5. The summed E-state index contributed by atoms with van der Waals surface area (Å²) < 4.78 is 33.4. The first-order valence-electron chi connectivity index (χ1n) is 5.36. The summed E-state index contributed by atoms with van der Waals surface area (Å²) in [7, 11) is 1.25. The van der Waals surface area contributed by atoms with Crippen molar-refractivity contribution in [1.82, 2.24) is 5.32 Å². The second-order valence-corrected chi connectivity index (χ2v) is 4.40. The van der Waals surface area contributed by atoms with E-state index in [0.29, 0.717) is 17.5 Å². The van der Waals surface area contributed by atoms with Crippen LogP contribution in [0.2, 0.25) is 0 Å². The van der Waals surface area contributed by atoms with Crippen LogP contribution in [-0.2, 0) is 15.3 Å². The Morgan fingerprint density at radius 1 is 1.47 bits per heavy atom. The lowest BCUT2D eigenvalue weighted by Gasteiger charge is -2.02. The van der Waals surface area contributed by atoms with Crippen molar-refractivity contribution >= 4 is 23.6 Å². The molecule has 5 nitrogen and oxygen atoms in total. The first-order chi connectivity index (χ1) is 9.02. The molecule has 1 aromatic heterocycles. The summed E-state index contributed by atoms with van der Waals surface area (Å²) in [5, 5.41) is 2.45. The molecular formula is C11H13F2NO4S. The summed E-state index contributed by atoms with van der Waals surface area (Å²) in [6.45, 7) is 0.118. The molecular weight excluding hydrogens is 280 g/mol. The van der Waals surface area contributed by atoms with Gasteiger partial charge in [0.1, 0.15) is 5.76 Å². The molecule has 19 heavy (non-hydrogen) atoms. The number of rotatable bonds is 7. The highest BCUT2D eigenvalue weighted by molar-refractivity contribution is 7.98. The smallest absolute Gasteiger partial charge is 0.307 e. The molecule has 1 aromatic rings. The van der Waals surface area contributed by atoms with Gasteiger partial charge in [-0.1, -0.05) is 11.8 Å². The maximum absolute atomic E-state index is 12.0. The average Bonchev–Trinajstić information content (AvgIpc) is 2.84. The van der Waals surface area contributed by atoms with Crippen molar-refractivity contribution in [1.29, 1.82) is 0 Å². The first kappa shape index (κ1) is 15.5. The number of hydrogen-bond donors (Lipinski definition) is 1. The SMILES string of the molecule is COC(=O)CCNC(=O)c1ccc(CSC(F)F)o1. The Morgan fingerprint density at radius 3 is 2.84 bits per heavy atom. The van der Waals surface area contributed by atoms with Gasteiger partial charge in [0.2, 0.25) is 0 Å². The van der Waals surface area contributed by atoms with Gasteiger partial charge in [0.15, 0.2) is 5.76 Å². The fourth-order valence-electron chi connectivity index (χ4n) is 1.19. The molecule has 0 saturated heterocycles. The Hall–Kier alpha value is -1.57. The molecule has 0 unspecified atom stereocenters. The number of thioether (sulfide) groups is 1. The van der Waals surface area contributed by atoms with E-state index in [1.54, 1.807) is 0 Å². The highest BCUT2D eigenvalue weighted by atomic mass is 32.2. The molecule has 0 bridgehead atoms. The lowest BCUT2D eigenvalue weighted by atomic mass is 10.4. The third kappa shape index (κ3) is 5.73. The van der Waals surface area contributed by atoms with E-state index < -0.39 is 17.6 Å². The standard InChI is InChI=1S/C11H13F2NO4S/c1-17-9(15)4-5-14-10(16)8-3-2-7(18-8)6-19-11(12)13/h2-3,11H,4-6H2,1H3,(H,14,16). The van der Waals surface area contributed by atoms with Gasteiger partial charge in [0, 0.05) is 6.54 Å². The highest BCUT2D eigenvalue weighted by Gasteiger charge is 2.12. The molecule has 8 heteroatoms. The number of hydrogen-bond acceptors (Lipinski definition) is 5. The number of carbonyl (C=O) groups excluding carboxylic acids is 2. The van der Waals surface area contributed by atoms with Crippen LogP contribution in [0.3, 0.4) is 0 Å². The Morgan fingerprint density at radius 2 is 2.21 bits per heavy atom. The zero-order chi connectivity index (χ0) is 14.3. The van der Waals surface area contributed by atoms with Gasteiger partial charge < -0.3 is 14.5 Å². The Kier molecular flexibility index (Phi) is 6.34. The van der Waals surface area contributed by atoms with Gasteiger partial charge in [-0.3, -0.25) is 9.59 Å². The molecule has 0 fully saturated rings. The molecule has 0 spiro atoms. The maximum Gasteiger partial charge on any atom is 0.307 e. The molecule has 0 radical (unpaired) electrons. The molecule has 1 amide bonds. The van der Waals surface area contributed by atoms with Crippen molar-refractivity contribution in [3.05, 3.63) is 23.7 Å². The van der Waals surface area contributed by atoms with E-state index in [-0.39, 0.29) is 24.5 Å². The maximum atomic E-state index is 12.0. The van der Waals surface area contributed by atoms with Crippen molar-refractivity contribution in [2.24, 2.45) is 0 Å². The minimum absolute atomic E-state index is 0.00684. The molecule has 1 heterocycles. The number of esters is 1. The van der Waals surface area contributed by atoms with E-state index in [1.807, 2.05) is 0 Å². The van der Waals surface area contributed by atoms with Crippen molar-refractivity contribution in [3.8, 4) is 0 Å². The van der Waals surface area contributed by atoms with Gasteiger partial charge in [-0.25, -0.2) is 0 Å². The fraction of sp³-hybridized carbons (Fsp3) is 0.455. The summed E-state index contributed by atoms with van der Waals surface area (Å²) in [4.78, 5) is 22.4. The van der Waals surface area contributed by atoms with E-state index >= 15 is 0 Å². The number of alkyl halides is 2. The molecule has 1 rings (SSSR count). The number of ether oxygens (including phenoxy) is 1. The minimum Gasteiger partial charge on any atom is -0.469 e. The molecule has 0 aliphatic rings. The van der Waals surface area contributed by atoms with E-state index in [2.05, 4.69) is 10.1 Å². The van der Waals surface area contributed by atoms with Crippen LogP contribution in [0.25, 0.3) is 0 Å². The van der Waals surface area contributed by atoms with Gasteiger partial charge in [0.05, 0.1) is 19.3 Å². The number of amides is 1. The average molecular weight is 293 g/mol. The molecule has 1 N–H and O–H groups in total. The van der Waals surface area contributed by atoms with Crippen LogP contribution >= 0.6 is 11.8 Å². The fourth-order valence-corrected chi connectivity index (χ4v) is 1.64. The third-order valence-corrected chi connectivity index (χ3v) is 2.78. The molecule has 0 saturated carbocycles. The first-order valence-corrected chi connectivity index (χ1v) is 6.41. The van der Waals surface area contributed by atoms with E-state index in [0.717, 1.165) is 0 Å². The van der Waals surface area contributed by atoms with Gasteiger partial charge in [-0.05, 0) is 12.1 Å². The van der Waals surface area contributed by atoms with Gasteiger partial charge in [0.25, 0.3) is 11.7 Å². The van der Waals surface area contributed by atoms with Crippen LogP contribution in [0.15, 0.2) is 16.5 Å². The quantitative estimate of drug-likeness (QED) is 0.779.